The summed E-state index contributed by atoms with van der Waals surface area (Å²) in [6.07, 6.45) is 1.33. The summed E-state index contributed by atoms with van der Waals surface area (Å²) in [7, 11) is 0. The van der Waals surface area contributed by atoms with E-state index < -0.39 is 6.55 Å². The van der Waals surface area contributed by atoms with E-state index >= 15 is 0 Å². The molecule has 1 aliphatic rings. The second kappa shape index (κ2) is 6.28. The molecular weight excluding hydrogens is 250 g/mol. The summed E-state index contributed by atoms with van der Waals surface area (Å²) in [5.41, 5.74) is 0.703. The Bertz CT molecular complexity index is 345. The minimum absolute atomic E-state index is 0. The molecule has 0 spiro atoms. The largest absolute Gasteiger partial charge is 0.333 e. The number of halogens is 3. The van der Waals surface area contributed by atoms with Gasteiger partial charge in [-0.25, -0.2) is 4.68 Å². The maximum Gasteiger partial charge on any atom is 0.333 e. The van der Waals surface area contributed by atoms with Gasteiger partial charge in [0.05, 0.1) is 5.69 Å². The molecule has 0 aliphatic carbocycles. The second-order valence-electron chi connectivity index (χ2n) is 4.16. The van der Waals surface area contributed by atoms with Crippen LogP contribution in [0.15, 0.2) is 12.3 Å². The van der Waals surface area contributed by atoms with Crippen LogP contribution in [0.25, 0.3) is 0 Å². The zero-order valence-electron chi connectivity index (χ0n) is 9.64. The molecule has 1 atom stereocenters. The van der Waals surface area contributed by atoms with Crippen LogP contribution in [0.2, 0.25) is 0 Å². The van der Waals surface area contributed by atoms with Crippen molar-refractivity contribution in [1.29, 1.82) is 0 Å². The Labute approximate surface area is 105 Å². The third kappa shape index (κ3) is 3.90. The van der Waals surface area contributed by atoms with E-state index in [1.54, 1.807) is 6.07 Å². The van der Waals surface area contributed by atoms with E-state index in [1.807, 2.05) is 0 Å². The summed E-state index contributed by atoms with van der Waals surface area (Å²) in [6.45, 7) is 3.02. The average molecular weight is 267 g/mol. The maximum absolute atomic E-state index is 12.3. The van der Waals surface area contributed by atoms with E-state index in [-0.39, 0.29) is 12.4 Å². The summed E-state index contributed by atoms with van der Waals surface area (Å²) in [5.74, 6) is 0. The van der Waals surface area contributed by atoms with Gasteiger partial charge < -0.3 is 5.32 Å². The van der Waals surface area contributed by atoms with E-state index in [9.17, 15) is 8.78 Å². The third-order valence-electron chi connectivity index (χ3n) is 2.70. The van der Waals surface area contributed by atoms with Crippen molar-refractivity contribution in [3.05, 3.63) is 18.0 Å². The minimum atomic E-state index is -2.55. The number of rotatable bonds is 3. The number of hydrogen-bond acceptors (Lipinski definition) is 3. The van der Waals surface area contributed by atoms with Crippen LogP contribution in [0, 0.1) is 0 Å². The fourth-order valence-electron chi connectivity index (χ4n) is 1.96. The van der Waals surface area contributed by atoms with Gasteiger partial charge in [0.2, 0.25) is 0 Å². The molecule has 0 saturated carbocycles. The number of nitrogens with zero attached hydrogens (tertiary/aromatic N) is 3. The third-order valence-corrected chi connectivity index (χ3v) is 2.70. The normalized spacial score (nSPS) is 21.5. The summed E-state index contributed by atoms with van der Waals surface area (Å²) < 4.78 is 25.3. The van der Waals surface area contributed by atoms with Crippen molar-refractivity contribution < 1.29 is 8.78 Å². The van der Waals surface area contributed by atoms with Crippen LogP contribution in [0.5, 0.6) is 0 Å². The number of hydrogen-bond donors (Lipinski definition) is 1. The van der Waals surface area contributed by atoms with Gasteiger partial charge in [-0.15, -0.1) is 12.4 Å². The molecule has 1 aromatic rings. The molecule has 0 radical (unpaired) electrons. The van der Waals surface area contributed by atoms with Crippen molar-refractivity contribution in [1.82, 2.24) is 20.0 Å². The summed E-state index contributed by atoms with van der Waals surface area (Å²) in [5, 5.41) is 7.17. The lowest BCUT2D eigenvalue weighted by molar-refractivity contribution is 0.0556. The highest BCUT2D eigenvalue weighted by Gasteiger charge is 2.17. The van der Waals surface area contributed by atoms with Crippen LogP contribution in [0.4, 0.5) is 8.78 Å². The van der Waals surface area contributed by atoms with Gasteiger partial charge in [0.1, 0.15) is 0 Å². The number of alkyl halides is 2. The number of nitrogens with one attached hydrogen (secondary N) is 1. The molecule has 1 N–H and O–H groups in total. The fourth-order valence-corrected chi connectivity index (χ4v) is 1.96. The molecule has 1 saturated heterocycles. The fraction of sp³-hybridized carbons (Fsp3) is 0.700. The van der Waals surface area contributed by atoms with Crippen molar-refractivity contribution in [2.75, 3.05) is 19.6 Å². The summed E-state index contributed by atoms with van der Waals surface area (Å²) in [4.78, 5) is 2.22. The summed E-state index contributed by atoms with van der Waals surface area (Å²) in [6, 6.07) is 2.10. The zero-order valence-corrected chi connectivity index (χ0v) is 10.5. The Balaban J connectivity index is 0.00000144. The first-order valence-corrected chi connectivity index (χ1v) is 5.43. The lowest BCUT2D eigenvalue weighted by Gasteiger charge is -2.31. The van der Waals surface area contributed by atoms with E-state index in [1.165, 1.54) is 6.20 Å². The molecule has 0 amide bonds. The van der Waals surface area contributed by atoms with Crippen molar-refractivity contribution in [2.45, 2.75) is 26.1 Å². The van der Waals surface area contributed by atoms with Gasteiger partial charge in [0.25, 0.3) is 0 Å². The lowest BCUT2D eigenvalue weighted by Crippen LogP contribution is -2.48. The highest BCUT2D eigenvalue weighted by Crippen LogP contribution is 2.11. The first-order chi connectivity index (χ1) is 7.65. The average Bonchev–Trinajstić information content (AvgIpc) is 2.66. The predicted molar refractivity (Wildman–Crippen MR) is 63.5 cm³/mol. The van der Waals surface area contributed by atoms with Crippen LogP contribution in [-0.2, 0) is 6.54 Å². The van der Waals surface area contributed by atoms with E-state index in [4.69, 9.17) is 0 Å². The Hall–Kier alpha value is -0.720. The van der Waals surface area contributed by atoms with Crippen molar-refractivity contribution in [3.63, 3.8) is 0 Å². The van der Waals surface area contributed by atoms with Gasteiger partial charge in [0, 0.05) is 38.4 Å². The van der Waals surface area contributed by atoms with Gasteiger partial charge in [0.15, 0.2) is 0 Å². The van der Waals surface area contributed by atoms with Gasteiger partial charge in [-0.05, 0) is 13.0 Å². The van der Waals surface area contributed by atoms with Crippen molar-refractivity contribution in [3.8, 4) is 0 Å². The number of piperazine rings is 1. The van der Waals surface area contributed by atoms with Crippen LogP contribution < -0.4 is 5.32 Å². The Morgan fingerprint density at radius 3 is 2.94 bits per heavy atom. The predicted octanol–water partition coefficient (Wildman–Crippen LogP) is 1.49. The molecule has 4 nitrogen and oxygen atoms in total. The molecule has 0 unspecified atom stereocenters. The summed E-state index contributed by atoms with van der Waals surface area (Å²) >= 11 is 0. The van der Waals surface area contributed by atoms with E-state index in [2.05, 4.69) is 22.2 Å². The Morgan fingerprint density at radius 2 is 2.35 bits per heavy atom. The quantitative estimate of drug-likeness (QED) is 0.900. The molecule has 1 aromatic heterocycles. The van der Waals surface area contributed by atoms with Gasteiger partial charge in [-0.1, -0.05) is 0 Å². The zero-order chi connectivity index (χ0) is 11.5. The molecule has 2 rings (SSSR count). The lowest BCUT2D eigenvalue weighted by atomic mass is 10.2. The minimum Gasteiger partial charge on any atom is -0.312 e. The van der Waals surface area contributed by atoms with Gasteiger partial charge in [-0.3, -0.25) is 4.90 Å². The van der Waals surface area contributed by atoms with E-state index in [0.717, 1.165) is 19.6 Å². The van der Waals surface area contributed by atoms with Crippen LogP contribution in [0.1, 0.15) is 19.2 Å². The van der Waals surface area contributed by atoms with Crippen molar-refractivity contribution >= 4 is 12.4 Å². The van der Waals surface area contributed by atoms with Gasteiger partial charge >= 0.3 is 6.55 Å². The molecule has 7 heteroatoms. The first kappa shape index (κ1) is 14.3. The SMILES string of the molecule is C[C@@H]1CN(Cc2ccn(C(F)F)n2)CCN1.Cl. The highest BCUT2D eigenvalue weighted by molar-refractivity contribution is 5.85. The molecule has 1 aliphatic heterocycles. The van der Waals surface area contributed by atoms with Crippen LogP contribution >= 0.6 is 12.4 Å². The molecule has 0 aromatic carbocycles. The molecule has 0 bridgehead atoms. The van der Waals surface area contributed by atoms with Crippen molar-refractivity contribution in [2.24, 2.45) is 0 Å². The second-order valence-corrected chi connectivity index (χ2v) is 4.16. The topological polar surface area (TPSA) is 33.1 Å². The van der Waals surface area contributed by atoms with Crippen LogP contribution in [0.3, 0.4) is 0 Å². The Kier molecular flexibility index (Phi) is 5.30. The standard InChI is InChI=1S/C10H16F2N4.ClH/c1-8-6-15(5-3-13-8)7-9-2-4-16(14-9)10(11)12;/h2,4,8,10,13H,3,5-7H2,1H3;1H/t8-;/m1./s1. The van der Waals surface area contributed by atoms with Gasteiger partial charge in [-0.2, -0.15) is 13.9 Å². The molecule has 2 heterocycles. The molecule has 1 fully saturated rings. The molecular formula is C10H17ClF2N4. The number of aromatic nitrogens is 2. The monoisotopic (exact) mass is 266 g/mol. The first-order valence-electron chi connectivity index (χ1n) is 5.43. The molecule has 17 heavy (non-hydrogen) atoms. The molecule has 98 valence electrons. The highest BCUT2D eigenvalue weighted by atomic mass is 35.5. The van der Waals surface area contributed by atoms with E-state index in [0.29, 0.717) is 23.0 Å². The van der Waals surface area contributed by atoms with Crippen LogP contribution in [-0.4, -0.2) is 40.4 Å². The Morgan fingerprint density at radius 1 is 1.59 bits per heavy atom. The smallest absolute Gasteiger partial charge is 0.312 e. The maximum atomic E-state index is 12.3.